The van der Waals surface area contributed by atoms with Crippen LogP contribution in [0, 0.1) is 0 Å². The molecule has 0 atom stereocenters. The number of hydrogen-bond acceptors (Lipinski definition) is 4. The van der Waals surface area contributed by atoms with E-state index in [1.807, 2.05) is 43.5 Å². The summed E-state index contributed by atoms with van der Waals surface area (Å²) in [7, 11) is 0. The summed E-state index contributed by atoms with van der Waals surface area (Å²) in [4.78, 5) is 31.3. The van der Waals surface area contributed by atoms with Gasteiger partial charge < -0.3 is 10.2 Å². The van der Waals surface area contributed by atoms with Gasteiger partial charge in [-0.3, -0.25) is 9.59 Å². The third-order valence-electron chi connectivity index (χ3n) is 4.41. The van der Waals surface area contributed by atoms with E-state index >= 15 is 0 Å². The Balaban J connectivity index is 1.66. The van der Waals surface area contributed by atoms with Crippen molar-refractivity contribution in [2.24, 2.45) is 0 Å². The molecular weight excluding hydrogens is 450 g/mol. The Bertz CT molecular complexity index is 1010. The third kappa shape index (κ3) is 5.52. The first-order chi connectivity index (χ1) is 14.0. The number of aromatic nitrogens is 1. The lowest BCUT2D eigenvalue weighted by Gasteiger charge is -2.19. The molecule has 2 amide bonds. The lowest BCUT2D eigenvalue weighted by Crippen LogP contribution is -2.30. The highest BCUT2D eigenvalue weighted by molar-refractivity contribution is 9.10. The zero-order valence-electron chi connectivity index (χ0n) is 16.3. The Kier molecular flexibility index (Phi) is 7.17. The fourth-order valence-corrected chi connectivity index (χ4v) is 4.15. The molecule has 0 radical (unpaired) electrons. The van der Waals surface area contributed by atoms with E-state index in [2.05, 4.69) is 26.2 Å². The van der Waals surface area contributed by atoms with Crippen LogP contribution in [-0.4, -0.2) is 34.8 Å². The second kappa shape index (κ2) is 9.80. The van der Waals surface area contributed by atoms with E-state index in [1.165, 1.54) is 11.3 Å². The number of nitrogens with zero attached hydrogens (tertiary/aromatic N) is 2. The van der Waals surface area contributed by atoms with Crippen LogP contribution in [0.2, 0.25) is 0 Å². The number of hydrogen-bond donors (Lipinski definition) is 1. The number of halogens is 1. The van der Waals surface area contributed by atoms with Crippen LogP contribution >= 0.6 is 27.3 Å². The number of rotatable bonds is 7. The maximum atomic E-state index is 12.5. The van der Waals surface area contributed by atoms with Crippen molar-refractivity contribution in [2.45, 2.75) is 20.3 Å². The molecule has 2 aromatic carbocycles. The predicted molar refractivity (Wildman–Crippen MR) is 121 cm³/mol. The highest BCUT2D eigenvalue weighted by Gasteiger charge is 2.14. The summed E-state index contributed by atoms with van der Waals surface area (Å²) in [6.07, 6.45) is 0.179. The molecular formula is C22H22BrN3O2S. The molecule has 3 rings (SSSR count). The van der Waals surface area contributed by atoms with Crippen molar-refractivity contribution in [3.63, 3.8) is 0 Å². The normalized spacial score (nSPS) is 10.6. The topological polar surface area (TPSA) is 62.3 Å². The molecule has 0 saturated heterocycles. The van der Waals surface area contributed by atoms with Crippen LogP contribution in [-0.2, 0) is 11.2 Å². The minimum atomic E-state index is -0.163. The van der Waals surface area contributed by atoms with Crippen molar-refractivity contribution < 1.29 is 9.59 Å². The van der Waals surface area contributed by atoms with Crippen molar-refractivity contribution in [1.82, 2.24) is 9.88 Å². The Labute approximate surface area is 182 Å². The van der Waals surface area contributed by atoms with Gasteiger partial charge in [0.25, 0.3) is 5.91 Å². The second-order valence-corrected chi connectivity index (χ2v) is 8.21. The van der Waals surface area contributed by atoms with Crippen molar-refractivity contribution in [3.8, 4) is 10.6 Å². The number of carbonyl (C=O) groups excluding carboxylic acids is 2. The molecule has 150 valence electrons. The van der Waals surface area contributed by atoms with Gasteiger partial charge in [-0.15, -0.1) is 11.3 Å². The lowest BCUT2D eigenvalue weighted by atomic mass is 10.1. The van der Waals surface area contributed by atoms with Crippen LogP contribution in [0.3, 0.4) is 0 Å². The molecule has 1 N–H and O–H groups in total. The van der Waals surface area contributed by atoms with Gasteiger partial charge in [-0.05, 0) is 44.2 Å². The monoisotopic (exact) mass is 471 g/mol. The van der Waals surface area contributed by atoms with Gasteiger partial charge in [-0.25, -0.2) is 4.98 Å². The van der Waals surface area contributed by atoms with E-state index in [1.54, 1.807) is 29.2 Å². The predicted octanol–water partition coefficient (Wildman–Crippen LogP) is 5.24. The number of amides is 2. The minimum absolute atomic E-state index is 0.0377. The van der Waals surface area contributed by atoms with Crippen LogP contribution in [0.25, 0.3) is 10.6 Å². The summed E-state index contributed by atoms with van der Waals surface area (Å²) in [6, 6.07) is 15.0. The fourth-order valence-electron chi connectivity index (χ4n) is 2.94. The first kappa shape index (κ1) is 21.2. The summed E-state index contributed by atoms with van der Waals surface area (Å²) < 4.78 is 0.989. The van der Waals surface area contributed by atoms with Crippen LogP contribution < -0.4 is 5.32 Å². The molecule has 1 heterocycles. The number of nitrogens with one attached hydrogen (secondary N) is 1. The van der Waals surface area contributed by atoms with Crippen molar-refractivity contribution in [2.75, 3.05) is 18.4 Å². The maximum absolute atomic E-state index is 12.5. The standard InChI is InChI=1S/C22H22BrN3O2S/c1-3-26(4-2)22(28)16-8-6-10-18(12-16)24-20(27)13-19-14-29-21(25-19)15-7-5-9-17(23)11-15/h5-12,14H,3-4,13H2,1-2H3,(H,24,27). The highest BCUT2D eigenvalue weighted by Crippen LogP contribution is 2.26. The van der Waals surface area contributed by atoms with Gasteiger partial charge in [-0.2, -0.15) is 0 Å². The molecule has 0 fully saturated rings. The molecule has 0 bridgehead atoms. The van der Waals surface area contributed by atoms with Gasteiger partial charge in [0.1, 0.15) is 5.01 Å². The Hall–Kier alpha value is -2.51. The van der Waals surface area contributed by atoms with Gasteiger partial charge >= 0.3 is 0 Å². The summed E-state index contributed by atoms with van der Waals surface area (Å²) in [5.74, 6) is -0.201. The van der Waals surface area contributed by atoms with Gasteiger partial charge in [0.15, 0.2) is 0 Å². The quantitative estimate of drug-likeness (QED) is 0.512. The van der Waals surface area contributed by atoms with Gasteiger partial charge in [0.05, 0.1) is 12.1 Å². The number of benzene rings is 2. The molecule has 0 aliphatic carbocycles. The van der Waals surface area contributed by atoms with Crippen molar-refractivity contribution >= 4 is 44.8 Å². The average Bonchev–Trinajstić information content (AvgIpc) is 3.17. The fraction of sp³-hybridized carbons (Fsp3) is 0.227. The zero-order valence-corrected chi connectivity index (χ0v) is 18.7. The van der Waals surface area contributed by atoms with Crippen LogP contribution in [0.1, 0.15) is 29.9 Å². The smallest absolute Gasteiger partial charge is 0.253 e. The van der Waals surface area contributed by atoms with Gasteiger partial charge in [0, 0.05) is 39.8 Å². The van der Waals surface area contributed by atoms with Crippen molar-refractivity contribution in [1.29, 1.82) is 0 Å². The first-order valence-corrected chi connectivity index (χ1v) is 11.1. The van der Waals surface area contributed by atoms with E-state index in [-0.39, 0.29) is 18.2 Å². The van der Waals surface area contributed by atoms with Gasteiger partial charge in [0.2, 0.25) is 5.91 Å². The van der Waals surface area contributed by atoms with E-state index in [4.69, 9.17) is 0 Å². The number of anilines is 1. The highest BCUT2D eigenvalue weighted by atomic mass is 79.9. The molecule has 3 aromatic rings. The maximum Gasteiger partial charge on any atom is 0.253 e. The average molecular weight is 472 g/mol. The summed E-state index contributed by atoms with van der Waals surface area (Å²) in [6.45, 7) is 5.19. The van der Waals surface area contributed by atoms with E-state index in [0.717, 1.165) is 20.7 Å². The Morgan fingerprint density at radius 3 is 2.59 bits per heavy atom. The van der Waals surface area contributed by atoms with E-state index < -0.39 is 0 Å². The second-order valence-electron chi connectivity index (χ2n) is 6.44. The summed E-state index contributed by atoms with van der Waals surface area (Å²) in [5.41, 5.74) is 2.91. The summed E-state index contributed by atoms with van der Waals surface area (Å²) >= 11 is 4.98. The molecule has 0 unspecified atom stereocenters. The first-order valence-electron chi connectivity index (χ1n) is 9.39. The number of carbonyl (C=O) groups is 2. The van der Waals surface area contributed by atoms with Crippen LogP contribution in [0.15, 0.2) is 58.4 Å². The Morgan fingerprint density at radius 1 is 1.10 bits per heavy atom. The molecule has 0 saturated carbocycles. The zero-order chi connectivity index (χ0) is 20.8. The molecule has 7 heteroatoms. The minimum Gasteiger partial charge on any atom is -0.339 e. The largest absolute Gasteiger partial charge is 0.339 e. The van der Waals surface area contributed by atoms with E-state index in [9.17, 15) is 9.59 Å². The van der Waals surface area contributed by atoms with Crippen LogP contribution in [0.4, 0.5) is 5.69 Å². The molecule has 29 heavy (non-hydrogen) atoms. The molecule has 0 spiro atoms. The van der Waals surface area contributed by atoms with Gasteiger partial charge in [-0.1, -0.05) is 34.1 Å². The molecule has 0 aliphatic heterocycles. The SMILES string of the molecule is CCN(CC)C(=O)c1cccc(NC(=O)Cc2csc(-c3cccc(Br)c3)n2)c1. The van der Waals surface area contributed by atoms with Crippen molar-refractivity contribution in [3.05, 3.63) is 69.6 Å². The molecule has 1 aromatic heterocycles. The number of thiazole rings is 1. The lowest BCUT2D eigenvalue weighted by molar-refractivity contribution is -0.115. The Morgan fingerprint density at radius 2 is 1.86 bits per heavy atom. The van der Waals surface area contributed by atoms with E-state index in [0.29, 0.717) is 24.3 Å². The molecule has 5 nitrogen and oxygen atoms in total. The summed E-state index contributed by atoms with van der Waals surface area (Å²) in [5, 5.41) is 5.64. The molecule has 0 aliphatic rings. The van der Waals surface area contributed by atoms with Crippen LogP contribution in [0.5, 0.6) is 0 Å². The third-order valence-corrected chi connectivity index (χ3v) is 5.84.